The lowest BCUT2D eigenvalue weighted by Gasteiger charge is -2.05. The van der Waals surface area contributed by atoms with Crippen LogP contribution in [0.1, 0.15) is 10.4 Å². The van der Waals surface area contributed by atoms with Crippen molar-refractivity contribution in [1.82, 2.24) is 0 Å². The predicted molar refractivity (Wildman–Crippen MR) is 69.2 cm³/mol. The van der Waals surface area contributed by atoms with Crippen LogP contribution in [-0.2, 0) is 0 Å². The summed E-state index contributed by atoms with van der Waals surface area (Å²) in [5.74, 6) is -1.09. The quantitative estimate of drug-likeness (QED) is 0.500. The minimum absolute atomic E-state index is 0.0488. The zero-order valence-corrected chi connectivity index (χ0v) is 9.85. The summed E-state index contributed by atoms with van der Waals surface area (Å²) in [5.41, 5.74) is 3.11. The molecule has 0 atom stereocenters. The molecule has 0 fully saturated rings. The number of rotatable bonds is 4. The highest BCUT2D eigenvalue weighted by Crippen LogP contribution is 2.16. The fourth-order valence-electron chi connectivity index (χ4n) is 1.48. The molecule has 0 saturated heterocycles. The van der Waals surface area contributed by atoms with Gasteiger partial charge < -0.3 is 10.3 Å². The molecule has 0 amide bonds. The van der Waals surface area contributed by atoms with Crippen molar-refractivity contribution in [3.63, 3.8) is 0 Å². The van der Waals surface area contributed by atoms with Crippen molar-refractivity contribution < 1.29 is 14.8 Å². The van der Waals surface area contributed by atoms with Crippen molar-refractivity contribution in [2.45, 2.75) is 0 Å². The number of nitrogens with one attached hydrogen (secondary N) is 1. The maximum Gasteiger partial charge on any atom is 0.340 e. The van der Waals surface area contributed by atoms with E-state index in [1.165, 1.54) is 12.1 Å². The second-order valence-corrected chi connectivity index (χ2v) is 3.67. The maximum atomic E-state index is 11.6. The molecule has 0 aromatic heterocycles. The lowest BCUT2D eigenvalue weighted by molar-refractivity contribution is -0.439. The molecule has 0 radical (unpaired) electrons. The van der Waals surface area contributed by atoms with Gasteiger partial charge in [0.15, 0.2) is 11.4 Å². The van der Waals surface area contributed by atoms with Crippen LogP contribution in [0.25, 0.3) is 0 Å². The van der Waals surface area contributed by atoms with Crippen LogP contribution in [0.15, 0.2) is 59.8 Å². The van der Waals surface area contributed by atoms with E-state index in [1.54, 1.807) is 42.5 Å². The van der Waals surface area contributed by atoms with E-state index < -0.39 is 5.97 Å². The van der Waals surface area contributed by atoms with Gasteiger partial charge in [-0.3, -0.25) is 0 Å². The smallest absolute Gasteiger partial charge is 0.340 e. The van der Waals surface area contributed by atoms with Gasteiger partial charge in [0.25, 0.3) is 0 Å². The minimum Gasteiger partial charge on any atom is -0.691 e. The van der Waals surface area contributed by atoms with Crippen LogP contribution >= 0.6 is 0 Å². The molecule has 0 aliphatic heterocycles. The van der Waals surface area contributed by atoms with Gasteiger partial charge >= 0.3 is 5.97 Å². The Morgan fingerprint density at radius 1 is 1.11 bits per heavy atom. The van der Waals surface area contributed by atoms with Crippen LogP contribution < -0.4 is 5.43 Å². The van der Waals surface area contributed by atoms with Gasteiger partial charge in [-0.25, -0.2) is 4.79 Å². The average Bonchev–Trinajstić information content (AvgIpc) is 2.46. The number of carbonyl (C=O) groups is 1. The maximum absolute atomic E-state index is 11.6. The molecule has 0 heterocycles. The molecule has 2 rings (SSSR count). The number of para-hydroxylation sites is 2. The van der Waals surface area contributed by atoms with Gasteiger partial charge in [0, 0.05) is 0 Å². The SMILES string of the molecule is O=C(O)c1ccccc1N/N=[N+](/[O-])c1ccccc1. The van der Waals surface area contributed by atoms with Gasteiger partial charge in [-0.15, -0.1) is 10.3 Å². The van der Waals surface area contributed by atoms with Gasteiger partial charge in [-0.05, 0) is 24.3 Å². The number of carboxylic acid groups (broad SMARTS) is 1. The normalized spacial score (nSPS) is 11.1. The van der Waals surface area contributed by atoms with Crippen molar-refractivity contribution in [2.75, 3.05) is 5.43 Å². The van der Waals surface area contributed by atoms with E-state index in [4.69, 9.17) is 5.11 Å². The van der Waals surface area contributed by atoms with Gasteiger partial charge in [-0.1, -0.05) is 30.3 Å². The molecule has 6 heteroatoms. The number of anilines is 1. The Kier molecular flexibility index (Phi) is 3.72. The summed E-state index contributed by atoms with van der Waals surface area (Å²) in [5, 5.41) is 24.2. The van der Waals surface area contributed by atoms with Gasteiger partial charge in [0.05, 0.1) is 5.22 Å². The van der Waals surface area contributed by atoms with Gasteiger partial charge in [0.2, 0.25) is 0 Å². The number of aromatic carboxylic acids is 1. The van der Waals surface area contributed by atoms with Crippen molar-refractivity contribution in [3.8, 4) is 0 Å². The summed E-state index contributed by atoms with van der Waals surface area (Å²) in [6.45, 7) is 0. The summed E-state index contributed by atoms with van der Waals surface area (Å²) < 4.78 is 0. The Labute approximate surface area is 109 Å². The fourth-order valence-corrected chi connectivity index (χ4v) is 1.48. The van der Waals surface area contributed by atoms with Crippen molar-refractivity contribution in [1.29, 1.82) is 0 Å². The highest BCUT2D eigenvalue weighted by atomic mass is 16.5. The van der Waals surface area contributed by atoms with E-state index in [-0.39, 0.29) is 11.3 Å². The third kappa shape index (κ3) is 3.06. The van der Waals surface area contributed by atoms with Crippen LogP contribution in [0, 0.1) is 5.21 Å². The predicted octanol–water partition coefficient (Wildman–Crippen LogP) is 3.01. The van der Waals surface area contributed by atoms with E-state index in [9.17, 15) is 10.0 Å². The molecular weight excluding hydrogens is 246 g/mol. The third-order valence-electron chi connectivity index (χ3n) is 2.40. The van der Waals surface area contributed by atoms with Crippen LogP contribution in [0.5, 0.6) is 0 Å². The second-order valence-electron chi connectivity index (χ2n) is 3.67. The summed E-state index contributed by atoms with van der Waals surface area (Å²) in [6, 6.07) is 14.6. The molecule has 0 aliphatic rings. The molecule has 19 heavy (non-hydrogen) atoms. The minimum atomic E-state index is -1.09. The lowest BCUT2D eigenvalue weighted by atomic mass is 10.2. The summed E-state index contributed by atoms with van der Waals surface area (Å²) in [4.78, 5) is 11.4. The lowest BCUT2D eigenvalue weighted by Crippen LogP contribution is -2.04. The molecule has 2 N–H and O–H groups in total. The van der Waals surface area contributed by atoms with Crippen molar-refractivity contribution >= 4 is 17.3 Å². The molecule has 2 aromatic rings. The molecule has 2 aromatic carbocycles. The van der Waals surface area contributed by atoms with E-state index >= 15 is 0 Å². The van der Waals surface area contributed by atoms with Gasteiger partial charge in [0.1, 0.15) is 5.56 Å². The van der Waals surface area contributed by atoms with E-state index in [0.29, 0.717) is 10.5 Å². The van der Waals surface area contributed by atoms with Crippen LogP contribution in [0.3, 0.4) is 0 Å². The Bertz CT molecular complexity index is 612. The topological polar surface area (TPSA) is 87.8 Å². The summed E-state index contributed by atoms with van der Waals surface area (Å²) in [7, 11) is 0. The highest BCUT2D eigenvalue weighted by molar-refractivity contribution is 5.94. The Hall–Kier alpha value is -2.89. The molecule has 0 aliphatic carbocycles. The first kappa shape index (κ1) is 12.6. The molecule has 0 spiro atoms. The Morgan fingerprint density at radius 3 is 2.42 bits per heavy atom. The zero-order chi connectivity index (χ0) is 13.7. The number of benzene rings is 2. The van der Waals surface area contributed by atoms with Crippen LogP contribution in [0.4, 0.5) is 11.4 Å². The molecule has 0 saturated carbocycles. The standard InChI is InChI=1S/C13H11N3O3/c17-13(18)11-8-4-5-9-12(11)14-15-16(19)10-6-2-1-3-7-10/h1-9,14H,(H,17,18)/b16-15+. The van der Waals surface area contributed by atoms with Crippen molar-refractivity contribution in [2.24, 2.45) is 5.22 Å². The molecule has 96 valence electrons. The largest absolute Gasteiger partial charge is 0.691 e. The molecular formula is C13H11N3O3. The first-order chi connectivity index (χ1) is 9.18. The number of nitrogens with zero attached hydrogens (tertiary/aromatic N) is 2. The van der Waals surface area contributed by atoms with Crippen LogP contribution in [-0.4, -0.2) is 15.9 Å². The van der Waals surface area contributed by atoms with Crippen molar-refractivity contribution in [3.05, 3.63) is 65.4 Å². The Morgan fingerprint density at radius 2 is 1.74 bits per heavy atom. The van der Waals surface area contributed by atoms with Crippen LogP contribution in [0.2, 0.25) is 0 Å². The Balaban J connectivity index is 2.21. The first-order valence-corrected chi connectivity index (χ1v) is 5.50. The molecule has 0 bridgehead atoms. The summed E-state index contributed by atoms with van der Waals surface area (Å²) in [6.07, 6.45) is 0. The summed E-state index contributed by atoms with van der Waals surface area (Å²) >= 11 is 0. The van der Waals surface area contributed by atoms with E-state index in [0.717, 1.165) is 0 Å². The number of hydrogen-bond donors (Lipinski definition) is 2. The highest BCUT2D eigenvalue weighted by Gasteiger charge is 2.11. The third-order valence-corrected chi connectivity index (χ3v) is 2.40. The monoisotopic (exact) mass is 257 g/mol. The van der Waals surface area contributed by atoms with E-state index in [2.05, 4.69) is 10.6 Å². The first-order valence-electron chi connectivity index (χ1n) is 5.50. The van der Waals surface area contributed by atoms with Gasteiger partial charge in [-0.2, -0.15) is 0 Å². The van der Waals surface area contributed by atoms with E-state index in [1.807, 2.05) is 0 Å². The zero-order valence-electron chi connectivity index (χ0n) is 9.85. The fraction of sp³-hybridized carbons (Fsp3) is 0. The number of carboxylic acids is 1. The molecule has 0 unspecified atom stereocenters. The molecule has 6 nitrogen and oxygen atoms in total. The second kappa shape index (κ2) is 5.63. The average molecular weight is 257 g/mol. The number of hydrogen-bond acceptors (Lipinski definition) is 3.